The second-order valence-electron chi connectivity index (χ2n) is 6.77. The van der Waals surface area contributed by atoms with Gasteiger partial charge in [0.25, 0.3) is 0 Å². The minimum atomic E-state index is -0.516. The van der Waals surface area contributed by atoms with Crippen LogP contribution in [0.25, 0.3) is 0 Å². The first kappa shape index (κ1) is 17.8. The third-order valence-corrected chi connectivity index (χ3v) is 3.63. The van der Waals surface area contributed by atoms with E-state index in [0.717, 1.165) is 12.1 Å². The number of anilines is 1. The lowest BCUT2D eigenvalue weighted by Crippen LogP contribution is -2.50. The largest absolute Gasteiger partial charge is 0.460 e. The van der Waals surface area contributed by atoms with E-state index < -0.39 is 5.60 Å². The number of carbonyl (C=O) groups excluding carboxylic acids is 2. The quantitative estimate of drug-likeness (QED) is 0.796. The Balaban J connectivity index is 1.97. The standard InChI is InChI=1S/C18H23N3O3/c1-18(2,3)24-16(22)9-12-20-10-4-11-21(17(20)23)15-7-5-14(13-19)6-8-15/h5-8H,4,9-12H2,1-3H3. The molecule has 0 radical (unpaired) electrons. The normalized spacial score (nSPS) is 15.2. The average molecular weight is 329 g/mol. The van der Waals surface area contributed by atoms with E-state index in [9.17, 15) is 9.59 Å². The number of amides is 2. The SMILES string of the molecule is CC(C)(C)OC(=O)CCN1CCCN(c2ccc(C#N)cc2)C1=O. The molecule has 24 heavy (non-hydrogen) atoms. The molecular formula is C18H23N3O3. The van der Waals surface area contributed by atoms with Crippen molar-refractivity contribution in [1.82, 2.24) is 4.90 Å². The van der Waals surface area contributed by atoms with Crippen LogP contribution < -0.4 is 4.90 Å². The van der Waals surface area contributed by atoms with E-state index in [4.69, 9.17) is 10.00 Å². The van der Waals surface area contributed by atoms with Crippen LogP contribution in [0.15, 0.2) is 24.3 Å². The summed E-state index contributed by atoms with van der Waals surface area (Å²) in [7, 11) is 0. The zero-order valence-electron chi connectivity index (χ0n) is 14.4. The lowest BCUT2D eigenvalue weighted by molar-refractivity contribution is -0.155. The van der Waals surface area contributed by atoms with E-state index in [0.29, 0.717) is 25.2 Å². The Hall–Kier alpha value is -2.55. The van der Waals surface area contributed by atoms with Crippen LogP contribution >= 0.6 is 0 Å². The predicted octanol–water partition coefficient (Wildman–Crippen LogP) is 2.92. The van der Waals surface area contributed by atoms with E-state index in [1.165, 1.54) is 0 Å². The van der Waals surface area contributed by atoms with Gasteiger partial charge in [-0.25, -0.2) is 4.79 Å². The maximum absolute atomic E-state index is 12.6. The molecule has 2 rings (SSSR count). The smallest absolute Gasteiger partial charge is 0.324 e. The number of ether oxygens (including phenoxy) is 1. The molecule has 0 aromatic heterocycles. The Morgan fingerprint density at radius 2 is 1.92 bits per heavy atom. The molecule has 1 heterocycles. The first-order valence-electron chi connectivity index (χ1n) is 8.08. The van der Waals surface area contributed by atoms with Crippen molar-refractivity contribution in [2.45, 2.75) is 39.2 Å². The maximum Gasteiger partial charge on any atom is 0.324 e. The average Bonchev–Trinajstić information content (AvgIpc) is 2.52. The minimum absolute atomic E-state index is 0.116. The monoisotopic (exact) mass is 329 g/mol. The molecule has 2 amide bonds. The predicted molar refractivity (Wildman–Crippen MR) is 90.6 cm³/mol. The summed E-state index contributed by atoms with van der Waals surface area (Å²) in [6.07, 6.45) is 1.02. The fourth-order valence-corrected chi connectivity index (χ4v) is 2.56. The van der Waals surface area contributed by atoms with Gasteiger partial charge >= 0.3 is 12.0 Å². The molecule has 1 aromatic rings. The topological polar surface area (TPSA) is 73.6 Å². The highest BCUT2D eigenvalue weighted by Gasteiger charge is 2.27. The molecule has 0 spiro atoms. The molecule has 0 aliphatic carbocycles. The molecule has 1 saturated heterocycles. The van der Waals surface area contributed by atoms with Crippen LogP contribution in [0.4, 0.5) is 10.5 Å². The number of carbonyl (C=O) groups is 2. The molecule has 6 nitrogen and oxygen atoms in total. The van der Waals surface area contributed by atoms with Crippen LogP contribution in [0.5, 0.6) is 0 Å². The van der Waals surface area contributed by atoms with Gasteiger partial charge < -0.3 is 9.64 Å². The highest BCUT2D eigenvalue weighted by atomic mass is 16.6. The number of esters is 1. The van der Waals surface area contributed by atoms with Crippen LogP contribution in [0.3, 0.4) is 0 Å². The first-order chi connectivity index (χ1) is 11.3. The van der Waals surface area contributed by atoms with Crippen molar-refractivity contribution in [3.8, 4) is 6.07 Å². The first-order valence-corrected chi connectivity index (χ1v) is 8.08. The molecule has 6 heteroatoms. The molecule has 0 N–H and O–H groups in total. The number of hydrogen-bond acceptors (Lipinski definition) is 4. The molecule has 1 aliphatic heterocycles. The third kappa shape index (κ3) is 4.72. The van der Waals surface area contributed by atoms with Crippen LogP contribution in [-0.4, -0.2) is 42.1 Å². The number of urea groups is 1. The van der Waals surface area contributed by atoms with Crippen molar-refractivity contribution >= 4 is 17.7 Å². The number of rotatable bonds is 4. The van der Waals surface area contributed by atoms with Crippen molar-refractivity contribution in [2.75, 3.05) is 24.5 Å². The molecule has 0 atom stereocenters. The molecule has 0 unspecified atom stereocenters. The summed E-state index contributed by atoms with van der Waals surface area (Å²) in [6, 6.07) is 8.88. The Bertz CT molecular complexity index is 641. The molecule has 128 valence electrons. The van der Waals surface area contributed by atoms with Crippen LogP contribution in [0.2, 0.25) is 0 Å². The van der Waals surface area contributed by atoms with Gasteiger partial charge in [0.2, 0.25) is 0 Å². The second kappa shape index (κ2) is 7.35. The Labute approximate surface area is 142 Å². The molecule has 0 saturated carbocycles. The minimum Gasteiger partial charge on any atom is -0.460 e. The van der Waals surface area contributed by atoms with Crippen molar-refractivity contribution in [3.05, 3.63) is 29.8 Å². The summed E-state index contributed by atoms with van der Waals surface area (Å²) in [5, 5.41) is 8.85. The number of hydrogen-bond donors (Lipinski definition) is 0. The van der Waals surface area contributed by atoms with Crippen LogP contribution in [0, 0.1) is 11.3 Å². The highest BCUT2D eigenvalue weighted by Crippen LogP contribution is 2.21. The van der Waals surface area contributed by atoms with Gasteiger partial charge in [0.05, 0.1) is 18.1 Å². The summed E-state index contributed by atoms with van der Waals surface area (Å²) < 4.78 is 5.28. The van der Waals surface area contributed by atoms with Gasteiger partial charge in [-0.1, -0.05) is 0 Å². The van der Waals surface area contributed by atoms with Gasteiger partial charge in [-0.2, -0.15) is 5.26 Å². The second-order valence-corrected chi connectivity index (χ2v) is 6.77. The number of nitrogens with zero attached hydrogens (tertiary/aromatic N) is 3. The Kier molecular flexibility index (Phi) is 5.45. The van der Waals surface area contributed by atoms with Gasteiger partial charge in [0.1, 0.15) is 5.60 Å². The van der Waals surface area contributed by atoms with E-state index in [1.54, 1.807) is 34.1 Å². The fraction of sp³-hybridized carbons (Fsp3) is 0.500. The molecule has 1 aliphatic rings. The van der Waals surface area contributed by atoms with Gasteiger partial charge in [-0.3, -0.25) is 9.69 Å². The van der Waals surface area contributed by atoms with Gasteiger partial charge in [-0.15, -0.1) is 0 Å². The van der Waals surface area contributed by atoms with Crippen molar-refractivity contribution in [3.63, 3.8) is 0 Å². The highest BCUT2D eigenvalue weighted by molar-refractivity contribution is 5.93. The van der Waals surface area contributed by atoms with Gasteiger partial charge in [-0.05, 0) is 51.5 Å². The zero-order chi connectivity index (χ0) is 17.7. The van der Waals surface area contributed by atoms with Gasteiger partial charge in [0.15, 0.2) is 0 Å². The van der Waals surface area contributed by atoms with Crippen LogP contribution in [-0.2, 0) is 9.53 Å². The molecular weight excluding hydrogens is 306 g/mol. The lowest BCUT2D eigenvalue weighted by atomic mass is 10.2. The van der Waals surface area contributed by atoms with Gasteiger partial charge in [0, 0.05) is 25.3 Å². The van der Waals surface area contributed by atoms with E-state index in [2.05, 4.69) is 6.07 Å². The number of nitriles is 1. The fourth-order valence-electron chi connectivity index (χ4n) is 2.56. The summed E-state index contributed by atoms with van der Waals surface area (Å²) in [4.78, 5) is 27.8. The van der Waals surface area contributed by atoms with Crippen molar-refractivity contribution in [1.29, 1.82) is 5.26 Å². The van der Waals surface area contributed by atoms with Crippen molar-refractivity contribution < 1.29 is 14.3 Å². The van der Waals surface area contributed by atoms with E-state index >= 15 is 0 Å². The molecule has 1 aromatic carbocycles. The Morgan fingerprint density at radius 3 is 2.50 bits per heavy atom. The maximum atomic E-state index is 12.6. The number of benzene rings is 1. The summed E-state index contributed by atoms with van der Waals surface area (Å²) in [6.45, 7) is 7.08. The lowest BCUT2D eigenvalue weighted by Gasteiger charge is -2.35. The molecule has 1 fully saturated rings. The van der Waals surface area contributed by atoms with Crippen LogP contribution in [0.1, 0.15) is 39.2 Å². The van der Waals surface area contributed by atoms with Crippen molar-refractivity contribution in [2.24, 2.45) is 0 Å². The molecule has 0 bridgehead atoms. The van der Waals surface area contributed by atoms with E-state index in [1.807, 2.05) is 20.8 Å². The Morgan fingerprint density at radius 1 is 1.25 bits per heavy atom. The summed E-state index contributed by atoms with van der Waals surface area (Å²) in [5.74, 6) is -0.300. The summed E-state index contributed by atoms with van der Waals surface area (Å²) in [5.41, 5.74) is 0.809. The zero-order valence-corrected chi connectivity index (χ0v) is 14.4. The third-order valence-electron chi connectivity index (χ3n) is 3.63. The summed E-state index contributed by atoms with van der Waals surface area (Å²) >= 11 is 0. The van der Waals surface area contributed by atoms with E-state index in [-0.39, 0.29) is 18.4 Å².